The molecule has 0 aliphatic rings. The summed E-state index contributed by atoms with van der Waals surface area (Å²) in [4.78, 5) is 2.14. The molecule has 0 heterocycles. The number of hydrogen-bond acceptors (Lipinski definition) is 4. The van der Waals surface area contributed by atoms with E-state index in [9.17, 15) is 13.5 Å². The molecule has 0 unspecified atom stereocenters. The number of rotatable bonds is 5. The number of benzene rings is 3. The second kappa shape index (κ2) is 6.74. The molecule has 3 aromatic carbocycles. The van der Waals surface area contributed by atoms with Crippen LogP contribution in [0.3, 0.4) is 0 Å². The van der Waals surface area contributed by atoms with Crippen LogP contribution in [0.2, 0.25) is 0 Å². The van der Waals surface area contributed by atoms with Gasteiger partial charge in [0.25, 0.3) is 0 Å². The van der Waals surface area contributed by atoms with Gasteiger partial charge in [-0.3, -0.25) is 0 Å². The lowest BCUT2D eigenvalue weighted by Gasteiger charge is -2.13. The fraction of sp³-hybridized carbons (Fsp3) is 0.158. The van der Waals surface area contributed by atoms with Crippen LogP contribution in [0, 0.1) is 0 Å². The Hall–Kier alpha value is -2.57. The predicted octanol–water partition coefficient (Wildman–Crippen LogP) is 3.09. The lowest BCUT2D eigenvalue weighted by molar-refractivity contribution is 0.481. The van der Waals surface area contributed by atoms with Crippen LogP contribution in [0.4, 0.5) is 5.69 Å². The molecule has 5 nitrogen and oxygen atoms in total. The maximum Gasteiger partial charge on any atom is 0.241 e. The summed E-state index contributed by atoms with van der Waals surface area (Å²) < 4.78 is 28.0. The van der Waals surface area contributed by atoms with E-state index in [2.05, 4.69) is 4.72 Å². The average Bonchev–Trinajstić information content (AvgIpc) is 2.60. The first-order valence-corrected chi connectivity index (χ1v) is 9.33. The van der Waals surface area contributed by atoms with E-state index in [1.54, 1.807) is 36.4 Å². The normalized spacial score (nSPS) is 11.6. The quantitative estimate of drug-likeness (QED) is 0.737. The van der Waals surface area contributed by atoms with Crippen molar-refractivity contribution in [2.24, 2.45) is 0 Å². The van der Waals surface area contributed by atoms with Gasteiger partial charge >= 0.3 is 0 Å². The van der Waals surface area contributed by atoms with Crippen LogP contribution in [0.15, 0.2) is 65.6 Å². The van der Waals surface area contributed by atoms with Gasteiger partial charge in [-0.1, -0.05) is 36.4 Å². The van der Waals surface area contributed by atoms with Crippen molar-refractivity contribution < 1.29 is 13.5 Å². The van der Waals surface area contributed by atoms with E-state index >= 15 is 0 Å². The van der Waals surface area contributed by atoms with Gasteiger partial charge in [0.2, 0.25) is 10.0 Å². The first kappa shape index (κ1) is 17.3. The van der Waals surface area contributed by atoms with Crippen LogP contribution in [0.5, 0.6) is 5.75 Å². The Morgan fingerprint density at radius 3 is 2.24 bits per heavy atom. The van der Waals surface area contributed by atoms with Crippen LogP contribution >= 0.6 is 0 Å². The minimum absolute atomic E-state index is 0.0637. The summed E-state index contributed by atoms with van der Waals surface area (Å²) in [6.07, 6.45) is 0. The Balaban J connectivity index is 1.86. The predicted molar refractivity (Wildman–Crippen MR) is 100 cm³/mol. The molecule has 0 atom stereocenters. The molecular weight excluding hydrogens is 336 g/mol. The third-order valence-electron chi connectivity index (χ3n) is 4.07. The van der Waals surface area contributed by atoms with Crippen LogP contribution in [0.25, 0.3) is 10.8 Å². The van der Waals surface area contributed by atoms with E-state index < -0.39 is 10.0 Å². The third-order valence-corrected chi connectivity index (χ3v) is 5.53. The SMILES string of the molecule is CN(C)c1ccc(CNS(=O)(=O)c2cccc3c(O)cccc23)cc1. The number of anilines is 1. The van der Waals surface area contributed by atoms with Crippen molar-refractivity contribution in [1.29, 1.82) is 0 Å². The van der Waals surface area contributed by atoms with E-state index in [1.165, 1.54) is 0 Å². The summed E-state index contributed by atoms with van der Waals surface area (Å²) in [5, 5.41) is 10.9. The van der Waals surface area contributed by atoms with Crippen molar-refractivity contribution in [3.63, 3.8) is 0 Å². The van der Waals surface area contributed by atoms with Gasteiger partial charge in [-0.25, -0.2) is 13.1 Å². The Kier molecular flexibility index (Phi) is 4.65. The Labute approximate surface area is 147 Å². The van der Waals surface area contributed by atoms with Gasteiger partial charge in [-0.15, -0.1) is 0 Å². The topological polar surface area (TPSA) is 69.6 Å². The number of nitrogens with one attached hydrogen (secondary N) is 1. The summed E-state index contributed by atoms with van der Waals surface area (Å²) in [5.74, 6) is 0.0637. The summed E-state index contributed by atoms with van der Waals surface area (Å²) >= 11 is 0. The maximum atomic E-state index is 12.7. The number of phenols is 1. The molecule has 2 N–H and O–H groups in total. The Morgan fingerprint density at radius 2 is 1.56 bits per heavy atom. The van der Waals surface area contributed by atoms with Gasteiger partial charge in [0, 0.05) is 37.1 Å². The summed E-state index contributed by atoms with van der Waals surface area (Å²) in [5.41, 5.74) is 1.92. The molecule has 0 aliphatic heterocycles. The van der Waals surface area contributed by atoms with E-state index in [0.29, 0.717) is 10.8 Å². The molecule has 0 aliphatic carbocycles. The zero-order valence-electron chi connectivity index (χ0n) is 14.1. The number of nitrogens with zero attached hydrogens (tertiary/aromatic N) is 1. The molecule has 0 bridgehead atoms. The van der Waals surface area contributed by atoms with Crippen molar-refractivity contribution in [3.05, 3.63) is 66.2 Å². The molecule has 130 valence electrons. The van der Waals surface area contributed by atoms with Gasteiger partial charge in [-0.05, 0) is 29.8 Å². The largest absolute Gasteiger partial charge is 0.507 e. The standard InChI is InChI=1S/C19H20N2O3S/c1-21(2)15-11-9-14(10-12-15)13-20-25(23,24)19-8-4-5-16-17(19)6-3-7-18(16)22/h3-12,20,22H,13H2,1-2H3. The summed E-state index contributed by atoms with van der Waals surface area (Å²) in [7, 11) is 0.204. The fourth-order valence-corrected chi connectivity index (χ4v) is 3.90. The highest BCUT2D eigenvalue weighted by atomic mass is 32.2. The zero-order valence-corrected chi connectivity index (χ0v) is 14.9. The molecule has 0 amide bonds. The average molecular weight is 356 g/mol. The van der Waals surface area contributed by atoms with Crippen molar-refractivity contribution in [1.82, 2.24) is 4.72 Å². The highest BCUT2D eigenvalue weighted by Crippen LogP contribution is 2.29. The van der Waals surface area contributed by atoms with Crippen molar-refractivity contribution in [3.8, 4) is 5.75 Å². The van der Waals surface area contributed by atoms with E-state index in [-0.39, 0.29) is 17.2 Å². The van der Waals surface area contributed by atoms with Gasteiger partial charge < -0.3 is 10.0 Å². The minimum atomic E-state index is -3.70. The lowest BCUT2D eigenvalue weighted by atomic mass is 10.1. The second-order valence-electron chi connectivity index (χ2n) is 6.01. The lowest BCUT2D eigenvalue weighted by Crippen LogP contribution is -2.23. The number of aromatic hydroxyl groups is 1. The smallest absolute Gasteiger partial charge is 0.241 e. The van der Waals surface area contributed by atoms with E-state index in [0.717, 1.165) is 11.3 Å². The number of hydrogen-bond donors (Lipinski definition) is 2. The monoisotopic (exact) mass is 356 g/mol. The Bertz CT molecular complexity index is 997. The van der Waals surface area contributed by atoms with Gasteiger partial charge in [0.05, 0.1) is 4.90 Å². The molecule has 0 fully saturated rings. The van der Waals surface area contributed by atoms with E-state index in [1.807, 2.05) is 43.3 Å². The fourth-order valence-electron chi connectivity index (χ4n) is 2.67. The molecule has 6 heteroatoms. The molecule has 0 spiro atoms. The van der Waals surface area contributed by atoms with Crippen molar-refractivity contribution >= 4 is 26.5 Å². The van der Waals surface area contributed by atoms with Gasteiger partial charge in [-0.2, -0.15) is 0 Å². The third kappa shape index (κ3) is 3.60. The first-order chi connectivity index (χ1) is 11.9. The number of sulfonamides is 1. The van der Waals surface area contributed by atoms with Crippen LogP contribution in [-0.4, -0.2) is 27.6 Å². The van der Waals surface area contributed by atoms with Crippen LogP contribution < -0.4 is 9.62 Å². The molecule has 3 rings (SSSR count). The highest BCUT2D eigenvalue weighted by Gasteiger charge is 2.17. The van der Waals surface area contributed by atoms with Crippen molar-refractivity contribution in [2.45, 2.75) is 11.4 Å². The van der Waals surface area contributed by atoms with Gasteiger partial charge in [0.15, 0.2) is 0 Å². The molecular formula is C19H20N2O3S. The molecule has 0 radical (unpaired) electrons. The van der Waals surface area contributed by atoms with Crippen LogP contribution in [0.1, 0.15) is 5.56 Å². The maximum absolute atomic E-state index is 12.7. The first-order valence-electron chi connectivity index (χ1n) is 7.85. The highest BCUT2D eigenvalue weighted by molar-refractivity contribution is 7.89. The minimum Gasteiger partial charge on any atom is -0.507 e. The molecule has 3 aromatic rings. The Morgan fingerprint density at radius 1 is 0.920 bits per heavy atom. The zero-order chi connectivity index (χ0) is 18.0. The number of phenolic OH excluding ortho intramolecular Hbond substituents is 1. The van der Waals surface area contributed by atoms with Crippen molar-refractivity contribution in [2.75, 3.05) is 19.0 Å². The molecule has 0 saturated carbocycles. The van der Waals surface area contributed by atoms with Crippen LogP contribution in [-0.2, 0) is 16.6 Å². The molecule has 0 saturated heterocycles. The number of fused-ring (bicyclic) bond motifs is 1. The van der Waals surface area contributed by atoms with E-state index in [4.69, 9.17) is 0 Å². The molecule has 25 heavy (non-hydrogen) atoms. The second-order valence-corrected chi connectivity index (χ2v) is 7.75. The summed E-state index contributed by atoms with van der Waals surface area (Å²) in [6.45, 7) is 0.200. The summed E-state index contributed by atoms with van der Waals surface area (Å²) in [6, 6.07) is 17.4. The molecule has 0 aromatic heterocycles. The van der Waals surface area contributed by atoms with Gasteiger partial charge in [0.1, 0.15) is 5.75 Å².